The van der Waals surface area contributed by atoms with Crippen LogP contribution in [-0.4, -0.2) is 18.1 Å². The maximum absolute atomic E-state index is 11.6. The number of hydrogen-bond donors (Lipinski definition) is 1. The highest BCUT2D eigenvalue weighted by molar-refractivity contribution is 14.1. The van der Waals surface area contributed by atoms with Crippen LogP contribution in [0.3, 0.4) is 0 Å². The number of halogens is 1. The summed E-state index contributed by atoms with van der Waals surface area (Å²) in [6.45, 7) is 1.78. The number of rotatable bonds is 4. The second kappa shape index (κ2) is 5.03. The zero-order chi connectivity index (χ0) is 11.5. The van der Waals surface area contributed by atoms with Gasteiger partial charge in [0, 0.05) is 9.61 Å². The van der Waals surface area contributed by atoms with Gasteiger partial charge in [-0.3, -0.25) is 4.79 Å². The monoisotopic (exact) mass is 331 g/mol. The molecule has 0 bridgehead atoms. The van der Waals surface area contributed by atoms with E-state index in [0.717, 1.165) is 22.2 Å². The summed E-state index contributed by atoms with van der Waals surface area (Å²) in [4.78, 5) is 11.6. The predicted molar refractivity (Wildman–Crippen MR) is 70.4 cm³/mol. The standard InChI is InChI=1S/C12H14INO2/c1-8(12(15)14-10-5-6-10)16-11-4-2-3-9(13)7-11/h2-4,7-8,10H,5-6H2,1H3,(H,14,15)/t8-/m1/s1. The smallest absolute Gasteiger partial charge is 0.260 e. The Kier molecular flexibility index (Phi) is 3.68. The largest absolute Gasteiger partial charge is 0.481 e. The minimum Gasteiger partial charge on any atom is -0.481 e. The normalized spacial score (nSPS) is 16.6. The molecular weight excluding hydrogens is 317 g/mol. The summed E-state index contributed by atoms with van der Waals surface area (Å²) < 4.78 is 6.67. The molecule has 16 heavy (non-hydrogen) atoms. The van der Waals surface area contributed by atoms with E-state index in [1.807, 2.05) is 24.3 Å². The third-order valence-corrected chi connectivity index (χ3v) is 3.07. The topological polar surface area (TPSA) is 38.3 Å². The summed E-state index contributed by atoms with van der Waals surface area (Å²) in [5.74, 6) is 0.715. The van der Waals surface area contributed by atoms with Crippen LogP contribution in [0.4, 0.5) is 0 Å². The van der Waals surface area contributed by atoms with Gasteiger partial charge < -0.3 is 10.1 Å². The highest BCUT2D eigenvalue weighted by atomic mass is 127. The quantitative estimate of drug-likeness (QED) is 0.860. The van der Waals surface area contributed by atoms with Gasteiger partial charge in [-0.2, -0.15) is 0 Å². The maximum atomic E-state index is 11.6. The molecule has 0 aromatic heterocycles. The number of ether oxygens (including phenoxy) is 1. The summed E-state index contributed by atoms with van der Waals surface area (Å²) in [7, 11) is 0. The van der Waals surface area contributed by atoms with Crippen molar-refractivity contribution in [3.63, 3.8) is 0 Å². The molecule has 1 saturated carbocycles. The predicted octanol–water partition coefficient (Wildman–Crippen LogP) is 2.34. The molecule has 0 spiro atoms. The van der Waals surface area contributed by atoms with Gasteiger partial charge in [-0.05, 0) is 60.6 Å². The van der Waals surface area contributed by atoms with Gasteiger partial charge in [0.15, 0.2) is 6.10 Å². The lowest BCUT2D eigenvalue weighted by Gasteiger charge is -2.14. The molecule has 1 aromatic carbocycles. The molecule has 1 atom stereocenters. The summed E-state index contributed by atoms with van der Waals surface area (Å²) >= 11 is 2.22. The van der Waals surface area contributed by atoms with Crippen LogP contribution >= 0.6 is 22.6 Å². The van der Waals surface area contributed by atoms with Crippen molar-refractivity contribution < 1.29 is 9.53 Å². The van der Waals surface area contributed by atoms with Crippen molar-refractivity contribution >= 4 is 28.5 Å². The van der Waals surface area contributed by atoms with E-state index in [-0.39, 0.29) is 5.91 Å². The third-order valence-electron chi connectivity index (χ3n) is 2.40. The minimum absolute atomic E-state index is 0.0265. The average Bonchev–Trinajstić information content (AvgIpc) is 3.01. The first-order chi connectivity index (χ1) is 7.65. The molecule has 1 aromatic rings. The summed E-state index contributed by atoms with van der Waals surface area (Å²) in [5.41, 5.74) is 0. The van der Waals surface area contributed by atoms with Gasteiger partial charge in [-0.25, -0.2) is 0 Å². The molecular formula is C12H14INO2. The van der Waals surface area contributed by atoms with Crippen LogP contribution in [0.2, 0.25) is 0 Å². The summed E-state index contributed by atoms with van der Waals surface area (Å²) in [6, 6.07) is 8.07. The number of benzene rings is 1. The lowest BCUT2D eigenvalue weighted by atomic mass is 10.3. The van der Waals surface area contributed by atoms with Crippen molar-refractivity contribution in [3.8, 4) is 5.75 Å². The summed E-state index contributed by atoms with van der Waals surface area (Å²) in [5, 5.41) is 2.92. The second-order valence-corrected chi connectivity index (χ2v) is 5.25. The highest BCUT2D eigenvalue weighted by Gasteiger charge is 2.26. The van der Waals surface area contributed by atoms with E-state index >= 15 is 0 Å². The Balaban J connectivity index is 1.90. The molecule has 0 radical (unpaired) electrons. The van der Waals surface area contributed by atoms with Gasteiger partial charge in [-0.15, -0.1) is 0 Å². The average molecular weight is 331 g/mol. The molecule has 1 aliphatic rings. The molecule has 1 aliphatic carbocycles. The molecule has 2 rings (SSSR count). The van der Waals surface area contributed by atoms with Crippen LogP contribution in [0.25, 0.3) is 0 Å². The Morgan fingerprint density at radius 1 is 1.56 bits per heavy atom. The molecule has 1 amide bonds. The lowest BCUT2D eigenvalue weighted by Crippen LogP contribution is -2.37. The molecule has 1 N–H and O–H groups in total. The number of hydrogen-bond acceptors (Lipinski definition) is 2. The van der Waals surface area contributed by atoms with E-state index in [1.165, 1.54) is 0 Å². The van der Waals surface area contributed by atoms with E-state index in [4.69, 9.17) is 4.74 Å². The van der Waals surface area contributed by atoms with Gasteiger partial charge >= 0.3 is 0 Å². The van der Waals surface area contributed by atoms with Crippen LogP contribution in [0, 0.1) is 3.57 Å². The van der Waals surface area contributed by atoms with E-state index in [2.05, 4.69) is 27.9 Å². The fourth-order valence-electron chi connectivity index (χ4n) is 1.34. The molecule has 0 heterocycles. The van der Waals surface area contributed by atoms with Crippen LogP contribution in [-0.2, 0) is 4.79 Å². The molecule has 0 unspecified atom stereocenters. The van der Waals surface area contributed by atoms with Crippen molar-refractivity contribution in [2.24, 2.45) is 0 Å². The fourth-order valence-corrected chi connectivity index (χ4v) is 1.86. The number of nitrogens with one attached hydrogen (secondary N) is 1. The first-order valence-electron chi connectivity index (χ1n) is 5.38. The Labute approximate surface area is 109 Å². The van der Waals surface area contributed by atoms with Gasteiger partial charge in [-0.1, -0.05) is 6.07 Å². The van der Waals surface area contributed by atoms with Crippen molar-refractivity contribution in [3.05, 3.63) is 27.8 Å². The SMILES string of the molecule is C[C@@H](Oc1cccc(I)c1)C(=O)NC1CC1. The Bertz CT molecular complexity index is 390. The highest BCUT2D eigenvalue weighted by Crippen LogP contribution is 2.20. The van der Waals surface area contributed by atoms with E-state index < -0.39 is 6.10 Å². The first-order valence-corrected chi connectivity index (χ1v) is 6.45. The maximum Gasteiger partial charge on any atom is 0.260 e. The van der Waals surface area contributed by atoms with Crippen molar-refractivity contribution in [2.75, 3.05) is 0 Å². The van der Waals surface area contributed by atoms with Gasteiger partial charge in [0.25, 0.3) is 5.91 Å². The van der Waals surface area contributed by atoms with Crippen LogP contribution < -0.4 is 10.1 Å². The van der Waals surface area contributed by atoms with Gasteiger partial charge in [0.05, 0.1) is 0 Å². The second-order valence-electron chi connectivity index (χ2n) is 4.00. The Morgan fingerprint density at radius 3 is 2.94 bits per heavy atom. The Morgan fingerprint density at radius 2 is 2.31 bits per heavy atom. The first kappa shape index (κ1) is 11.7. The summed E-state index contributed by atoms with van der Waals surface area (Å²) in [6.07, 6.45) is 1.77. The number of carbonyl (C=O) groups excluding carboxylic acids is 1. The van der Waals surface area contributed by atoms with Crippen molar-refractivity contribution in [1.29, 1.82) is 0 Å². The number of carbonyl (C=O) groups is 1. The zero-order valence-corrected chi connectivity index (χ0v) is 11.2. The molecule has 86 valence electrons. The lowest BCUT2D eigenvalue weighted by molar-refractivity contribution is -0.127. The fraction of sp³-hybridized carbons (Fsp3) is 0.417. The van der Waals surface area contributed by atoms with Gasteiger partial charge in [0.1, 0.15) is 5.75 Å². The van der Waals surface area contributed by atoms with E-state index in [1.54, 1.807) is 6.92 Å². The minimum atomic E-state index is -0.432. The van der Waals surface area contributed by atoms with E-state index in [9.17, 15) is 4.79 Å². The Hall–Kier alpha value is -0.780. The van der Waals surface area contributed by atoms with Crippen LogP contribution in [0.15, 0.2) is 24.3 Å². The molecule has 0 saturated heterocycles. The van der Waals surface area contributed by atoms with Crippen molar-refractivity contribution in [1.82, 2.24) is 5.32 Å². The van der Waals surface area contributed by atoms with E-state index in [0.29, 0.717) is 6.04 Å². The molecule has 3 nitrogen and oxygen atoms in total. The molecule has 0 aliphatic heterocycles. The van der Waals surface area contributed by atoms with Crippen molar-refractivity contribution in [2.45, 2.75) is 31.9 Å². The third kappa shape index (κ3) is 3.37. The molecule has 1 fully saturated rings. The van der Waals surface area contributed by atoms with Crippen LogP contribution in [0.5, 0.6) is 5.75 Å². The molecule has 4 heteroatoms. The zero-order valence-electron chi connectivity index (χ0n) is 9.07. The van der Waals surface area contributed by atoms with Gasteiger partial charge in [0.2, 0.25) is 0 Å². The van der Waals surface area contributed by atoms with Crippen LogP contribution in [0.1, 0.15) is 19.8 Å². The number of amides is 1.